The van der Waals surface area contributed by atoms with Crippen LogP contribution in [0.25, 0.3) is 0 Å². The van der Waals surface area contributed by atoms with Gasteiger partial charge < -0.3 is 0 Å². The normalized spacial score (nSPS) is 12.4. The van der Waals surface area contributed by atoms with Crippen LogP contribution in [-0.2, 0) is 6.54 Å². The van der Waals surface area contributed by atoms with E-state index in [4.69, 9.17) is 5.26 Å². The summed E-state index contributed by atoms with van der Waals surface area (Å²) in [5.74, 6) is 0.594. The van der Waals surface area contributed by atoms with Gasteiger partial charge in [-0.05, 0) is 17.9 Å². The number of hydrogen-bond acceptors (Lipinski definition) is 1. The first-order valence-corrected chi connectivity index (χ1v) is 5.42. The largest absolute Gasteiger partial charge is 0.294 e. The maximum atomic E-state index is 7.21. The third-order valence-corrected chi connectivity index (χ3v) is 2.28. The second-order valence-electron chi connectivity index (χ2n) is 4.19. The Morgan fingerprint density at radius 3 is 2.47 bits per heavy atom. The van der Waals surface area contributed by atoms with Gasteiger partial charge in [0.25, 0.3) is 6.07 Å². The molecule has 0 spiro atoms. The molecule has 0 aliphatic carbocycles. The van der Waals surface area contributed by atoms with Gasteiger partial charge in [0.05, 0.1) is 0 Å². The predicted molar refractivity (Wildman–Crippen MR) is 61.4 cm³/mol. The van der Waals surface area contributed by atoms with Crippen molar-refractivity contribution >= 4 is 0 Å². The Morgan fingerprint density at radius 2 is 1.93 bits per heavy atom. The molecule has 0 saturated carbocycles. The first-order chi connectivity index (χ1) is 7.22. The van der Waals surface area contributed by atoms with Crippen LogP contribution < -0.4 is 10.6 Å². The third kappa shape index (κ3) is 4.62. The lowest BCUT2D eigenvalue weighted by Crippen LogP contribution is -2.35. The zero-order chi connectivity index (χ0) is 11.1. The molecule has 0 aromatic heterocycles. The lowest BCUT2D eigenvalue weighted by molar-refractivity contribution is -0.0972. The van der Waals surface area contributed by atoms with E-state index in [0.717, 1.165) is 13.0 Å². The molecule has 0 unspecified atom stereocenters. The molecular weight excluding hydrogens is 184 g/mol. The summed E-state index contributed by atoms with van der Waals surface area (Å²) in [6, 6.07) is 12.9. The highest BCUT2D eigenvalue weighted by atomic mass is 14.9. The molecule has 2 nitrogen and oxygen atoms in total. The summed E-state index contributed by atoms with van der Waals surface area (Å²) in [6.45, 7) is 5.13. The average Bonchev–Trinajstić information content (AvgIpc) is 2.25. The second-order valence-corrected chi connectivity index (χ2v) is 4.19. The fourth-order valence-corrected chi connectivity index (χ4v) is 1.50. The van der Waals surface area contributed by atoms with E-state index in [1.807, 2.05) is 18.2 Å². The van der Waals surface area contributed by atoms with Gasteiger partial charge in [0.2, 0.25) is 0 Å². The highest BCUT2D eigenvalue weighted by Crippen LogP contribution is 2.05. The zero-order valence-corrected chi connectivity index (χ0v) is 9.46. The van der Waals surface area contributed by atoms with E-state index in [1.54, 1.807) is 0 Å². The molecule has 1 atom stereocenters. The first-order valence-electron chi connectivity index (χ1n) is 5.42. The average molecular weight is 203 g/mol. The van der Waals surface area contributed by atoms with Gasteiger partial charge in [-0.1, -0.05) is 49.4 Å². The van der Waals surface area contributed by atoms with E-state index in [-0.39, 0.29) is 6.04 Å². The van der Waals surface area contributed by atoms with Crippen LogP contribution in [0.15, 0.2) is 30.3 Å². The van der Waals surface area contributed by atoms with Crippen LogP contribution >= 0.6 is 0 Å². The molecule has 1 aromatic rings. The van der Waals surface area contributed by atoms with Crippen LogP contribution in [0.5, 0.6) is 0 Å². The Morgan fingerprint density at radius 1 is 1.27 bits per heavy atom. The molecule has 0 fully saturated rings. The molecule has 0 bridgehead atoms. The van der Waals surface area contributed by atoms with Crippen molar-refractivity contribution in [3.8, 4) is 6.07 Å². The van der Waals surface area contributed by atoms with Gasteiger partial charge in [0, 0.05) is 6.54 Å². The Balaban J connectivity index is 2.39. The number of benzene rings is 1. The van der Waals surface area contributed by atoms with E-state index >= 15 is 0 Å². The van der Waals surface area contributed by atoms with Crippen LogP contribution in [0, 0.1) is 12.0 Å². The van der Waals surface area contributed by atoms with Gasteiger partial charge in [-0.15, -0.1) is 0 Å². The lowest BCUT2D eigenvalue weighted by Gasteiger charge is -2.11. The number of hydrogen-bond donors (Lipinski definition) is 2. The smallest absolute Gasteiger partial charge is 0.289 e. The molecule has 0 aliphatic rings. The van der Waals surface area contributed by atoms with Crippen molar-refractivity contribution in [2.75, 3.05) is 0 Å². The molecule has 15 heavy (non-hydrogen) atoms. The van der Waals surface area contributed by atoms with E-state index in [0.29, 0.717) is 5.92 Å². The predicted octanol–water partition coefficient (Wildman–Crippen LogP) is 0.964. The van der Waals surface area contributed by atoms with E-state index in [1.165, 1.54) is 5.56 Å². The third-order valence-electron chi connectivity index (χ3n) is 2.28. The Labute approximate surface area is 91.9 Å². The minimum absolute atomic E-state index is 0.0743. The van der Waals surface area contributed by atoms with Gasteiger partial charge in [0.1, 0.15) is 6.04 Å². The standard InChI is InChI=1S/C13H18N2/c1-11(2)8-13(9-14)15-10-12-6-4-3-5-7-12/h3-7,11,13,15H,8,10H2,1-2H3/p+1/t13-/m0/s1. The van der Waals surface area contributed by atoms with Gasteiger partial charge >= 0.3 is 0 Å². The molecule has 0 radical (unpaired) electrons. The van der Waals surface area contributed by atoms with Gasteiger partial charge in [-0.3, -0.25) is 5.32 Å². The van der Waals surface area contributed by atoms with Crippen LogP contribution in [0.2, 0.25) is 0 Å². The summed E-state index contributed by atoms with van der Waals surface area (Å²) < 4.78 is 0. The molecule has 1 aromatic carbocycles. The molecule has 0 aliphatic heterocycles. The van der Waals surface area contributed by atoms with Gasteiger partial charge in [-0.25, -0.2) is 0 Å². The van der Waals surface area contributed by atoms with Crippen molar-refractivity contribution in [1.29, 1.82) is 0 Å². The zero-order valence-electron chi connectivity index (χ0n) is 9.46. The van der Waals surface area contributed by atoms with E-state index < -0.39 is 0 Å². The summed E-state index contributed by atoms with van der Waals surface area (Å²) in [6.07, 6.45) is 0.969. The summed E-state index contributed by atoms with van der Waals surface area (Å²) in [5.41, 5.74) is 1.25. The van der Waals surface area contributed by atoms with Crippen LogP contribution in [0.4, 0.5) is 0 Å². The van der Waals surface area contributed by atoms with Crippen molar-refractivity contribution in [2.45, 2.75) is 32.9 Å². The van der Waals surface area contributed by atoms with E-state index in [9.17, 15) is 0 Å². The first kappa shape index (κ1) is 11.7. The van der Waals surface area contributed by atoms with Gasteiger partial charge in [0.15, 0.2) is 0 Å². The van der Waals surface area contributed by atoms with Gasteiger partial charge in [-0.2, -0.15) is 0 Å². The molecular formula is C13H19N2+. The van der Waals surface area contributed by atoms with Crippen LogP contribution in [-0.4, -0.2) is 6.04 Å². The van der Waals surface area contributed by atoms with Crippen molar-refractivity contribution < 1.29 is 5.26 Å². The van der Waals surface area contributed by atoms with Crippen molar-refractivity contribution in [2.24, 2.45) is 5.92 Å². The van der Waals surface area contributed by atoms with Crippen LogP contribution in [0.1, 0.15) is 25.8 Å². The van der Waals surface area contributed by atoms with E-state index in [2.05, 4.69) is 37.4 Å². The highest BCUT2D eigenvalue weighted by Gasteiger charge is 2.11. The molecule has 0 saturated heterocycles. The number of rotatable bonds is 5. The molecule has 2 N–H and O–H groups in total. The topological polar surface area (TPSA) is 35.8 Å². The Kier molecular flexibility index (Phi) is 4.86. The van der Waals surface area contributed by atoms with Crippen molar-refractivity contribution in [1.82, 2.24) is 5.32 Å². The summed E-state index contributed by atoms with van der Waals surface area (Å²) in [5, 5.41) is 10.5. The molecule has 80 valence electrons. The molecule has 2 heteroatoms. The fraction of sp³-hybridized carbons (Fsp3) is 0.462. The molecule has 1 rings (SSSR count). The maximum Gasteiger partial charge on any atom is 0.289 e. The summed E-state index contributed by atoms with van der Waals surface area (Å²) >= 11 is 0. The second kappa shape index (κ2) is 6.21. The SMILES string of the molecule is CC(C)C[C@@H](C#[NH+])NCc1ccccc1. The highest BCUT2D eigenvalue weighted by molar-refractivity contribution is 5.14. The Hall–Kier alpha value is -1.33. The molecule has 0 heterocycles. The van der Waals surface area contributed by atoms with Crippen molar-refractivity contribution in [3.05, 3.63) is 35.9 Å². The number of nitrogens with one attached hydrogen (secondary N) is 2. The minimum atomic E-state index is 0.0743. The van der Waals surface area contributed by atoms with Crippen LogP contribution in [0.3, 0.4) is 0 Å². The summed E-state index contributed by atoms with van der Waals surface area (Å²) in [4.78, 5) is 0. The Bertz CT molecular complexity index is 311. The summed E-state index contributed by atoms with van der Waals surface area (Å²) in [7, 11) is 0. The monoisotopic (exact) mass is 203 g/mol. The van der Waals surface area contributed by atoms with Crippen molar-refractivity contribution in [3.63, 3.8) is 0 Å². The lowest BCUT2D eigenvalue weighted by atomic mass is 10.0. The minimum Gasteiger partial charge on any atom is -0.294 e. The quantitative estimate of drug-likeness (QED) is 0.735. The molecule has 0 amide bonds. The maximum absolute atomic E-state index is 7.21. The fourth-order valence-electron chi connectivity index (χ4n) is 1.50.